The third-order valence-electron chi connectivity index (χ3n) is 4.18. The van der Waals surface area contributed by atoms with Crippen molar-refractivity contribution in [2.75, 3.05) is 18.8 Å². The van der Waals surface area contributed by atoms with Gasteiger partial charge in [-0.15, -0.1) is 0 Å². The van der Waals surface area contributed by atoms with Crippen LogP contribution in [0, 0.1) is 0 Å². The minimum absolute atomic E-state index is 0.0841. The van der Waals surface area contributed by atoms with E-state index in [9.17, 15) is 18.0 Å². The Bertz CT molecular complexity index is 780. The number of amides is 1. The first-order valence-electron chi connectivity index (χ1n) is 7.75. The third-order valence-corrected chi connectivity index (χ3v) is 4.18. The van der Waals surface area contributed by atoms with Crippen molar-refractivity contribution in [1.29, 1.82) is 0 Å². The van der Waals surface area contributed by atoms with Crippen molar-refractivity contribution in [2.45, 2.75) is 24.9 Å². The molecule has 3 heterocycles. The van der Waals surface area contributed by atoms with Crippen LogP contribution < -0.4 is 5.73 Å². The van der Waals surface area contributed by atoms with Gasteiger partial charge in [-0.1, -0.05) is 0 Å². The van der Waals surface area contributed by atoms with Crippen molar-refractivity contribution in [3.63, 3.8) is 0 Å². The molecule has 1 unspecified atom stereocenters. The van der Waals surface area contributed by atoms with E-state index in [1.54, 1.807) is 6.07 Å². The van der Waals surface area contributed by atoms with Crippen LogP contribution in [0.3, 0.4) is 0 Å². The quantitative estimate of drug-likeness (QED) is 0.898. The van der Waals surface area contributed by atoms with E-state index in [1.165, 1.54) is 17.3 Å². The number of carbonyl (C=O) groups excluding carboxylic acids is 1. The topological polar surface area (TPSA) is 85.0 Å². The monoisotopic (exact) mass is 351 g/mol. The summed E-state index contributed by atoms with van der Waals surface area (Å²) in [6.07, 6.45) is 0.225. The number of hydrogen-bond acceptors (Lipinski definition) is 5. The molecular weight excluding hydrogens is 335 g/mol. The molecule has 1 aliphatic rings. The van der Waals surface area contributed by atoms with E-state index in [-0.39, 0.29) is 24.0 Å². The van der Waals surface area contributed by atoms with Crippen LogP contribution in [-0.2, 0) is 6.18 Å². The van der Waals surface area contributed by atoms with Gasteiger partial charge >= 0.3 is 6.18 Å². The molecule has 0 aliphatic carbocycles. The summed E-state index contributed by atoms with van der Waals surface area (Å²) in [6, 6.07) is 2.82. The Hall–Kier alpha value is -2.71. The van der Waals surface area contributed by atoms with Gasteiger partial charge in [0, 0.05) is 37.6 Å². The van der Waals surface area contributed by atoms with Crippen molar-refractivity contribution in [2.24, 2.45) is 0 Å². The number of alkyl halides is 3. The SMILES string of the molecule is Nc1nccc(C2CCCN(C(=O)c3ccncc3C(F)(F)F)C2)n1. The molecule has 2 aromatic rings. The van der Waals surface area contributed by atoms with Gasteiger partial charge < -0.3 is 10.6 Å². The summed E-state index contributed by atoms with van der Waals surface area (Å²) in [5.41, 5.74) is 4.87. The van der Waals surface area contributed by atoms with Gasteiger partial charge in [-0.2, -0.15) is 13.2 Å². The number of nitrogens with two attached hydrogens (primary N) is 1. The van der Waals surface area contributed by atoms with Crippen molar-refractivity contribution >= 4 is 11.9 Å². The second-order valence-corrected chi connectivity index (χ2v) is 5.85. The van der Waals surface area contributed by atoms with Crippen LogP contribution in [0.15, 0.2) is 30.7 Å². The molecule has 1 atom stereocenters. The molecule has 0 spiro atoms. The molecule has 1 aliphatic heterocycles. The minimum atomic E-state index is -4.63. The van der Waals surface area contributed by atoms with E-state index in [1.807, 2.05) is 0 Å². The Morgan fingerprint density at radius 1 is 1.28 bits per heavy atom. The molecule has 2 aromatic heterocycles. The first-order chi connectivity index (χ1) is 11.9. The van der Waals surface area contributed by atoms with Gasteiger partial charge in [-0.05, 0) is 25.0 Å². The molecule has 0 saturated carbocycles. The minimum Gasteiger partial charge on any atom is -0.368 e. The maximum atomic E-state index is 13.1. The van der Waals surface area contributed by atoms with Crippen molar-refractivity contribution < 1.29 is 18.0 Å². The van der Waals surface area contributed by atoms with E-state index in [0.717, 1.165) is 12.5 Å². The first kappa shape index (κ1) is 17.1. The van der Waals surface area contributed by atoms with Gasteiger partial charge in [0.05, 0.1) is 16.8 Å². The summed E-state index contributed by atoms with van der Waals surface area (Å²) in [6.45, 7) is 0.685. The lowest BCUT2D eigenvalue weighted by atomic mass is 9.94. The molecule has 0 radical (unpaired) electrons. The van der Waals surface area contributed by atoms with Crippen LogP contribution in [0.1, 0.15) is 40.4 Å². The number of carbonyl (C=O) groups is 1. The summed E-state index contributed by atoms with van der Waals surface area (Å²) in [4.78, 5) is 25.6. The van der Waals surface area contributed by atoms with Crippen LogP contribution >= 0.6 is 0 Å². The Kier molecular flexibility index (Phi) is 4.56. The molecule has 2 N–H and O–H groups in total. The van der Waals surface area contributed by atoms with Gasteiger partial charge in [-0.25, -0.2) is 9.97 Å². The van der Waals surface area contributed by atoms with E-state index in [0.29, 0.717) is 24.9 Å². The van der Waals surface area contributed by atoms with Gasteiger partial charge in [-0.3, -0.25) is 9.78 Å². The molecule has 0 aromatic carbocycles. The molecule has 0 bridgehead atoms. The average molecular weight is 351 g/mol. The summed E-state index contributed by atoms with van der Waals surface area (Å²) in [5.74, 6) is -0.602. The fourth-order valence-electron chi connectivity index (χ4n) is 3.00. The normalized spacial score (nSPS) is 18.2. The largest absolute Gasteiger partial charge is 0.418 e. The number of hydrogen-bond donors (Lipinski definition) is 1. The Morgan fingerprint density at radius 2 is 2.08 bits per heavy atom. The zero-order chi connectivity index (χ0) is 18.0. The Balaban J connectivity index is 1.84. The molecule has 1 amide bonds. The fraction of sp³-hybridized carbons (Fsp3) is 0.375. The highest BCUT2D eigenvalue weighted by atomic mass is 19.4. The first-order valence-corrected chi connectivity index (χ1v) is 7.75. The highest BCUT2D eigenvalue weighted by molar-refractivity contribution is 5.95. The van der Waals surface area contributed by atoms with Crippen molar-refractivity contribution in [3.8, 4) is 0 Å². The van der Waals surface area contributed by atoms with E-state index >= 15 is 0 Å². The summed E-state index contributed by atoms with van der Waals surface area (Å²) >= 11 is 0. The number of piperidine rings is 1. The number of pyridine rings is 1. The van der Waals surface area contributed by atoms with Crippen LogP contribution in [-0.4, -0.2) is 38.8 Å². The second kappa shape index (κ2) is 6.66. The number of nitrogens with zero attached hydrogens (tertiary/aromatic N) is 4. The molecule has 132 valence electrons. The third kappa shape index (κ3) is 3.70. The maximum absolute atomic E-state index is 13.1. The predicted octanol–water partition coefficient (Wildman–Crippen LogP) is 2.49. The lowest BCUT2D eigenvalue weighted by Crippen LogP contribution is -2.40. The number of likely N-dealkylation sites (tertiary alicyclic amines) is 1. The highest BCUT2D eigenvalue weighted by Crippen LogP contribution is 2.33. The second-order valence-electron chi connectivity index (χ2n) is 5.85. The predicted molar refractivity (Wildman–Crippen MR) is 83.6 cm³/mol. The van der Waals surface area contributed by atoms with Gasteiger partial charge in [0.25, 0.3) is 5.91 Å². The van der Waals surface area contributed by atoms with E-state index < -0.39 is 17.6 Å². The zero-order valence-corrected chi connectivity index (χ0v) is 13.2. The highest BCUT2D eigenvalue weighted by Gasteiger charge is 2.37. The lowest BCUT2D eigenvalue weighted by molar-refractivity contribution is -0.138. The van der Waals surface area contributed by atoms with Crippen LogP contribution in [0.4, 0.5) is 19.1 Å². The molecule has 1 saturated heterocycles. The molecule has 25 heavy (non-hydrogen) atoms. The Morgan fingerprint density at radius 3 is 2.80 bits per heavy atom. The number of aromatic nitrogens is 3. The number of rotatable bonds is 2. The smallest absolute Gasteiger partial charge is 0.368 e. The standard InChI is InChI=1S/C16H16F3N5O/c17-16(18,19)12-8-21-5-3-11(12)14(25)24-7-1-2-10(9-24)13-4-6-22-15(20)23-13/h3-6,8,10H,1-2,7,9H2,(H2,20,22,23). The molecular formula is C16H16F3N5O. The van der Waals surface area contributed by atoms with E-state index in [4.69, 9.17) is 5.73 Å². The van der Waals surface area contributed by atoms with Gasteiger partial charge in [0.2, 0.25) is 5.95 Å². The number of anilines is 1. The summed E-state index contributed by atoms with van der Waals surface area (Å²) in [7, 11) is 0. The lowest BCUT2D eigenvalue weighted by Gasteiger charge is -2.33. The maximum Gasteiger partial charge on any atom is 0.418 e. The summed E-state index contributed by atoms with van der Waals surface area (Å²) in [5, 5.41) is 0. The average Bonchev–Trinajstić information content (AvgIpc) is 2.60. The Labute approximate surface area is 141 Å². The van der Waals surface area contributed by atoms with Crippen LogP contribution in [0.5, 0.6) is 0 Å². The van der Waals surface area contributed by atoms with Crippen LogP contribution in [0.2, 0.25) is 0 Å². The zero-order valence-electron chi connectivity index (χ0n) is 13.2. The van der Waals surface area contributed by atoms with Gasteiger partial charge in [0.15, 0.2) is 0 Å². The van der Waals surface area contributed by atoms with Crippen molar-refractivity contribution in [3.05, 3.63) is 47.5 Å². The molecule has 1 fully saturated rings. The number of nitrogen functional groups attached to an aromatic ring is 1. The molecule has 6 nitrogen and oxygen atoms in total. The van der Waals surface area contributed by atoms with Crippen molar-refractivity contribution in [1.82, 2.24) is 19.9 Å². The fourth-order valence-corrected chi connectivity index (χ4v) is 3.00. The number of halogens is 3. The van der Waals surface area contributed by atoms with Crippen LogP contribution in [0.25, 0.3) is 0 Å². The van der Waals surface area contributed by atoms with Gasteiger partial charge in [0.1, 0.15) is 0 Å². The van der Waals surface area contributed by atoms with E-state index in [2.05, 4.69) is 15.0 Å². The summed E-state index contributed by atoms with van der Waals surface area (Å²) < 4.78 is 39.4. The molecule has 9 heteroatoms. The molecule has 3 rings (SSSR count).